The normalized spacial score (nSPS) is 14.6. The summed E-state index contributed by atoms with van der Waals surface area (Å²) in [5.74, 6) is -0.994. The summed E-state index contributed by atoms with van der Waals surface area (Å²) in [7, 11) is 0. The van der Waals surface area contributed by atoms with E-state index in [4.69, 9.17) is 9.47 Å². The minimum absolute atomic E-state index is 0.0724. The molecule has 1 aliphatic heterocycles. The third-order valence-corrected chi connectivity index (χ3v) is 6.81. The molecular formula is C27H22F6N2O3S. The highest BCUT2D eigenvalue weighted by Crippen LogP contribution is 2.49. The maximum absolute atomic E-state index is 14.2. The van der Waals surface area contributed by atoms with Gasteiger partial charge in [0.05, 0.1) is 29.2 Å². The van der Waals surface area contributed by atoms with Crippen LogP contribution < -0.4 is 4.74 Å². The van der Waals surface area contributed by atoms with Crippen LogP contribution in [0.25, 0.3) is 0 Å². The molecule has 3 aromatic rings. The number of alkyl halides is 6. The molecule has 0 unspecified atom stereocenters. The lowest BCUT2D eigenvalue weighted by atomic mass is 9.96. The highest BCUT2D eigenvalue weighted by molar-refractivity contribution is 7.99. The first-order valence-electron chi connectivity index (χ1n) is 11.7. The van der Waals surface area contributed by atoms with Gasteiger partial charge in [-0.05, 0) is 42.0 Å². The Morgan fingerprint density at radius 3 is 2.26 bits per heavy atom. The molecule has 0 atom stereocenters. The molecule has 1 saturated heterocycles. The van der Waals surface area contributed by atoms with E-state index in [1.165, 1.54) is 24.4 Å². The first-order valence-corrected chi connectivity index (χ1v) is 12.5. The summed E-state index contributed by atoms with van der Waals surface area (Å²) in [6, 6.07) is 11.1. The first kappa shape index (κ1) is 28.5. The molecule has 5 nitrogen and oxygen atoms in total. The summed E-state index contributed by atoms with van der Waals surface area (Å²) in [6.45, 7) is 1.61. The van der Waals surface area contributed by atoms with Crippen molar-refractivity contribution in [2.75, 3.05) is 26.3 Å². The Balaban J connectivity index is 1.71. The van der Waals surface area contributed by atoms with Crippen LogP contribution in [0.15, 0.2) is 83.0 Å². The molecule has 0 radical (unpaired) electrons. The number of halogens is 6. The molecule has 12 heteroatoms. The van der Waals surface area contributed by atoms with Gasteiger partial charge >= 0.3 is 12.4 Å². The van der Waals surface area contributed by atoms with Crippen LogP contribution >= 0.6 is 11.8 Å². The second-order valence-corrected chi connectivity index (χ2v) is 9.46. The minimum atomic E-state index is -5.45. The van der Waals surface area contributed by atoms with Crippen LogP contribution in [-0.2, 0) is 23.7 Å². The number of pyridine rings is 1. The lowest BCUT2D eigenvalue weighted by Crippen LogP contribution is -2.32. The predicted octanol–water partition coefficient (Wildman–Crippen LogP) is 6.88. The number of nitrogens with zero attached hydrogens (tertiary/aromatic N) is 2. The van der Waals surface area contributed by atoms with E-state index in [9.17, 15) is 31.1 Å². The van der Waals surface area contributed by atoms with Gasteiger partial charge in [-0.1, -0.05) is 23.9 Å². The van der Waals surface area contributed by atoms with Gasteiger partial charge in [-0.25, -0.2) is 0 Å². The predicted molar refractivity (Wildman–Crippen MR) is 131 cm³/mol. The van der Waals surface area contributed by atoms with Crippen LogP contribution in [0, 0.1) is 0 Å². The molecular weight excluding hydrogens is 546 g/mol. The number of carbonyl (C=O) groups is 1. The molecule has 0 aliphatic carbocycles. The van der Waals surface area contributed by atoms with Crippen molar-refractivity contribution in [2.24, 2.45) is 0 Å². The van der Waals surface area contributed by atoms with Crippen molar-refractivity contribution in [2.45, 2.75) is 28.8 Å². The molecule has 206 valence electrons. The third kappa shape index (κ3) is 7.33. The fraction of sp³-hybridized carbons (Fsp3) is 0.259. The van der Waals surface area contributed by atoms with Gasteiger partial charge in [-0.15, -0.1) is 0 Å². The lowest BCUT2D eigenvalue weighted by molar-refractivity contribution is -0.163. The van der Waals surface area contributed by atoms with Crippen LogP contribution in [-0.4, -0.2) is 42.0 Å². The van der Waals surface area contributed by atoms with E-state index in [1.807, 2.05) is 0 Å². The Morgan fingerprint density at radius 1 is 0.923 bits per heavy atom. The molecule has 1 aliphatic rings. The van der Waals surface area contributed by atoms with E-state index in [2.05, 4.69) is 4.98 Å². The standard InChI is InChI=1S/C27H22F6N2O3S/c28-26(29,30)24-19(20(36)9-12-35-13-15-37-16-14-35)5-6-23(25(24)27(31,32)33)39-22-4-2-1-3-21(22)38-17-18-7-10-34-11-8-18/h1-12H,13-17H2. The summed E-state index contributed by atoms with van der Waals surface area (Å²) >= 11 is 0.481. The summed E-state index contributed by atoms with van der Waals surface area (Å²) in [4.78, 5) is 17.7. The SMILES string of the molecule is O=C(C=CN1CCOCC1)c1ccc(Sc2ccccc2OCc2ccncc2)c(C(F)(F)F)c1C(F)(F)F. The van der Waals surface area contributed by atoms with Crippen molar-refractivity contribution >= 4 is 17.5 Å². The van der Waals surface area contributed by atoms with Gasteiger partial charge in [-0.3, -0.25) is 9.78 Å². The van der Waals surface area contributed by atoms with Crippen LogP contribution in [0.3, 0.4) is 0 Å². The summed E-state index contributed by atoms with van der Waals surface area (Å²) in [6.07, 6.45) is -5.62. The van der Waals surface area contributed by atoms with Crippen molar-refractivity contribution in [3.05, 3.63) is 95.5 Å². The van der Waals surface area contributed by atoms with Crippen LogP contribution in [0.5, 0.6) is 5.75 Å². The number of hydrogen-bond acceptors (Lipinski definition) is 6. The van der Waals surface area contributed by atoms with Gasteiger partial charge < -0.3 is 14.4 Å². The van der Waals surface area contributed by atoms with Gasteiger partial charge in [0.1, 0.15) is 12.4 Å². The van der Waals surface area contributed by atoms with Crippen LogP contribution in [0.2, 0.25) is 0 Å². The first-order chi connectivity index (χ1) is 18.5. The molecule has 1 aromatic heterocycles. The monoisotopic (exact) mass is 568 g/mol. The van der Waals surface area contributed by atoms with Crippen LogP contribution in [0.1, 0.15) is 27.0 Å². The van der Waals surface area contributed by atoms with E-state index >= 15 is 0 Å². The van der Waals surface area contributed by atoms with Crippen molar-refractivity contribution in [3.8, 4) is 5.75 Å². The van der Waals surface area contributed by atoms with E-state index in [0.717, 1.165) is 23.8 Å². The highest BCUT2D eigenvalue weighted by Gasteiger charge is 2.47. The quantitative estimate of drug-likeness (QED) is 0.168. The van der Waals surface area contributed by atoms with E-state index in [0.29, 0.717) is 38.1 Å². The zero-order valence-corrected chi connectivity index (χ0v) is 21.1. The number of morpholine rings is 1. The van der Waals surface area contributed by atoms with E-state index < -0.39 is 39.7 Å². The maximum Gasteiger partial charge on any atom is 0.418 e. The Bertz CT molecular complexity index is 1320. The number of ether oxygens (including phenoxy) is 2. The Labute approximate surface area is 224 Å². The molecule has 0 amide bonds. The smallest absolute Gasteiger partial charge is 0.418 e. The van der Waals surface area contributed by atoms with Crippen molar-refractivity contribution in [1.29, 1.82) is 0 Å². The van der Waals surface area contributed by atoms with Gasteiger partial charge in [0.25, 0.3) is 0 Å². The Morgan fingerprint density at radius 2 is 1.59 bits per heavy atom. The average Bonchev–Trinajstić information content (AvgIpc) is 2.91. The molecule has 39 heavy (non-hydrogen) atoms. The van der Waals surface area contributed by atoms with Gasteiger partial charge in [0, 0.05) is 48.2 Å². The zero-order chi connectivity index (χ0) is 28.0. The maximum atomic E-state index is 14.2. The number of rotatable bonds is 8. The summed E-state index contributed by atoms with van der Waals surface area (Å²) < 4.78 is 96.1. The third-order valence-electron chi connectivity index (χ3n) is 5.69. The minimum Gasteiger partial charge on any atom is -0.488 e. The second kappa shape index (κ2) is 12.1. The molecule has 0 saturated carbocycles. The van der Waals surface area contributed by atoms with E-state index in [1.54, 1.807) is 35.5 Å². The van der Waals surface area contributed by atoms with Gasteiger partial charge in [0.15, 0.2) is 5.78 Å². The number of hydrogen-bond donors (Lipinski definition) is 0. The summed E-state index contributed by atoms with van der Waals surface area (Å²) in [5.41, 5.74) is -4.28. The van der Waals surface area contributed by atoms with Crippen molar-refractivity contribution in [1.82, 2.24) is 9.88 Å². The Kier molecular flexibility index (Phi) is 8.86. The largest absolute Gasteiger partial charge is 0.488 e. The van der Waals surface area contributed by atoms with Gasteiger partial charge in [-0.2, -0.15) is 26.3 Å². The fourth-order valence-electron chi connectivity index (χ4n) is 3.85. The molecule has 4 rings (SSSR count). The lowest BCUT2D eigenvalue weighted by Gasteiger charge is -2.25. The zero-order valence-electron chi connectivity index (χ0n) is 20.3. The van der Waals surface area contributed by atoms with E-state index in [-0.39, 0.29) is 17.3 Å². The van der Waals surface area contributed by atoms with Crippen molar-refractivity contribution < 1.29 is 40.6 Å². The molecule has 0 spiro atoms. The van der Waals surface area contributed by atoms with Crippen LogP contribution in [0.4, 0.5) is 26.3 Å². The molecule has 2 aromatic carbocycles. The highest BCUT2D eigenvalue weighted by atomic mass is 32.2. The molecule has 0 bridgehead atoms. The average molecular weight is 569 g/mol. The number of aromatic nitrogens is 1. The van der Waals surface area contributed by atoms with Gasteiger partial charge in [0.2, 0.25) is 0 Å². The number of allylic oxidation sites excluding steroid dienone is 1. The molecule has 0 N–H and O–H groups in total. The number of carbonyl (C=O) groups excluding carboxylic acids is 1. The molecule has 2 heterocycles. The van der Waals surface area contributed by atoms with Crippen molar-refractivity contribution in [3.63, 3.8) is 0 Å². The Hall–Kier alpha value is -3.51. The number of para-hydroxylation sites is 1. The molecule has 1 fully saturated rings. The fourth-order valence-corrected chi connectivity index (χ4v) is 4.92. The topological polar surface area (TPSA) is 51.7 Å². The second-order valence-electron chi connectivity index (χ2n) is 8.38. The summed E-state index contributed by atoms with van der Waals surface area (Å²) in [5, 5.41) is 0. The number of ketones is 1. The number of benzene rings is 2.